The SMILES string of the molecule is CCC=CCOC(=O)CC(C)=O. The fourth-order valence-corrected chi connectivity index (χ4v) is 0.630. The van der Waals surface area contributed by atoms with E-state index in [1.165, 1.54) is 6.92 Å². The van der Waals surface area contributed by atoms with Crippen molar-refractivity contribution in [3.05, 3.63) is 12.2 Å². The van der Waals surface area contributed by atoms with E-state index in [1.54, 1.807) is 6.08 Å². The van der Waals surface area contributed by atoms with Crippen molar-refractivity contribution in [1.82, 2.24) is 0 Å². The van der Waals surface area contributed by atoms with Gasteiger partial charge < -0.3 is 4.74 Å². The Balaban J connectivity index is 3.44. The standard InChI is InChI=1S/C9H14O3/c1-3-4-5-6-12-9(11)7-8(2)10/h4-5H,3,6-7H2,1-2H3. The van der Waals surface area contributed by atoms with Gasteiger partial charge in [0.15, 0.2) is 0 Å². The Morgan fingerprint density at radius 3 is 2.50 bits per heavy atom. The molecule has 0 aliphatic heterocycles. The Kier molecular flexibility index (Phi) is 5.97. The fourth-order valence-electron chi connectivity index (χ4n) is 0.630. The normalized spacial score (nSPS) is 10.2. The van der Waals surface area contributed by atoms with E-state index in [4.69, 9.17) is 4.74 Å². The lowest BCUT2D eigenvalue weighted by atomic mass is 10.3. The van der Waals surface area contributed by atoms with E-state index >= 15 is 0 Å². The van der Waals surface area contributed by atoms with Crippen LogP contribution in [0.4, 0.5) is 0 Å². The summed E-state index contributed by atoms with van der Waals surface area (Å²) in [4.78, 5) is 21.2. The van der Waals surface area contributed by atoms with E-state index < -0.39 is 5.97 Å². The number of carbonyl (C=O) groups is 2. The number of allylic oxidation sites excluding steroid dienone is 1. The van der Waals surface area contributed by atoms with E-state index in [9.17, 15) is 9.59 Å². The predicted molar refractivity (Wildman–Crippen MR) is 45.7 cm³/mol. The van der Waals surface area contributed by atoms with Gasteiger partial charge in [-0.05, 0) is 13.3 Å². The van der Waals surface area contributed by atoms with Crippen LogP contribution in [0.1, 0.15) is 26.7 Å². The molecule has 3 heteroatoms. The van der Waals surface area contributed by atoms with Crippen molar-refractivity contribution in [3.63, 3.8) is 0 Å². The van der Waals surface area contributed by atoms with Crippen molar-refractivity contribution in [2.45, 2.75) is 26.7 Å². The van der Waals surface area contributed by atoms with Crippen molar-refractivity contribution in [1.29, 1.82) is 0 Å². The second kappa shape index (κ2) is 6.58. The van der Waals surface area contributed by atoms with E-state index in [0.717, 1.165) is 6.42 Å². The maximum absolute atomic E-state index is 10.7. The quantitative estimate of drug-likeness (QED) is 0.356. The van der Waals surface area contributed by atoms with Crippen molar-refractivity contribution in [2.24, 2.45) is 0 Å². The van der Waals surface area contributed by atoms with Gasteiger partial charge in [0.1, 0.15) is 18.8 Å². The molecule has 0 saturated heterocycles. The van der Waals surface area contributed by atoms with Crippen LogP contribution in [0.2, 0.25) is 0 Å². The summed E-state index contributed by atoms with van der Waals surface area (Å²) in [6, 6.07) is 0. The minimum atomic E-state index is -0.455. The van der Waals surface area contributed by atoms with Crippen molar-refractivity contribution >= 4 is 11.8 Å². The molecule has 0 atom stereocenters. The van der Waals surface area contributed by atoms with Crippen LogP contribution in [0.25, 0.3) is 0 Å². The predicted octanol–water partition coefficient (Wildman–Crippen LogP) is 1.47. The molecule has 3 nitrogen and oxygen atoms in total. The molecule has 0 aromatic heterocycles. The van der Waals surface area contributed by atoms with Gasteiger partial charge >= 0.3 is 5.97 Å². The Morgan fingerprint density at radius 2 is 2.00 bits per heavy atom. The van der Waals surface area contributed by atoms with Crippen molar-refractivity contribution in [3.8, 4) is 0 Å². The number of hydrogen-bond donors (Lipinski definition) is 0. The maximum atomic E-state index is 10.7. The molecule has 0 N–H and O–H groups in total. The lowest BCUT2D eigenvalue weighted by molar-refractivity contribution is -0.144. The van der Waals surface area contributed by atoms with Gasteiger partial charge in [-0.25, -0.2) is 0 Å². The zero-order valence-corrected chi connectivity index (χ0v) is 7.50. The number of ether oxygens (including phenoxy) is 1. The minimum Gasteiger partial charge on any atom is -0.461 e. The van der Waals surface area contributed by atoms with E-state index in [-0.39, 0.29) is 18.8 Å². The Labute approximate surface area is 72.4 Å². The zero-order chi connectivity index (χ0) is 9.40. The molecule has 0 unspecified atom stereocenters. The van der Waals surface area contributed by atoms with Gasteiger partial charge in [-0.3, -0.25) is 9.59 Å². The molecule has 0 radical (unpaired) electrons. The van der Waals surface area contributed by atoms with Crippen LogP contribution in [0.3, 0.4) is 0 Å². The first kappa shape index (κ1) is 10.9. The molecule has 0 aromatic carbocycles. The molecule has 0 aromatic rings. The number of carbonyl (C=O) groups excluding carboxylic acids is 2. The Morgan fingerprint density at radius 1 is 1.33 bits per heavy atom. The van der Waals surface area contributed by atoms with Crippen LogP contribution in [-0.2, 0) is 14.3 Å². The van der Waals surface area contributed by atoms with E-state index in [2.05, 4.69) is 0 Å². The second-order valence-electron chi connectivity index (χ2n) is 2.44. The average Bonchev–Trinajstić information content (AvgIpc) is 1.97. The van der Waals surface area contributed by atoms with Gasteiger partial charge in [-0.2, -0.15) is 0 Å². The van der Waals surface area contributed by atoms with Gasteiger partial charge in [0, 0.05) is 0 Å². The molecule has 0 rings (SSSR count). The van der Waals surface area contributed by atoms with Gasteiger partial charge in [0.2, 0.25) is 0 Å². The van der Waals surface area contributed by atoms with Gasteiger partial charge in [-0.15, -0.1) is 0 Å². The highest BCUT2D eigenvalue weighted by Crippen LogP contribution is 1.89. The van der Waals surface area contributed by atoms with Crippen LogP contribution in [0.5, 0.6) is 0 Å². The molecule has 0 heterocycles. The topological polar surface area (TPSA) is 43.4 Å². The molecule has 0 bridgehead atoms. The summed E-state index contributed by atoms with van der Waals surface area (Å²) in [5.41, 5.74) is 0. The van der Waals surface area contributed by atoms with Crippen molar-refractivity contribution < 1.29 is 14.3 Å². The summed E-state index contributed by atoms with van der Waals surface area (Å²) in [7, 11) is 0. The summed E-state index contributed by atoms with van der Waals surface area (Å²) >= 11 is 0. The molecular weight excluding hydrogens is 156 g/mol. The summed E-state index contributed by atoms with van der Waals surface area (Å²) in [5.74, 6) is -0.622. The van der Waals surface area contributed by atoms with E-state index in [1.807, 2.05) is 13.0 Å². The molecule has 0 saturated carbocycles. The second-order valence-corrected chi connectivity index (χ2v) is 2.44. The minimum absolute atomic E-state index is 0.125. The van der Waals surface area contributed by atoms with Gasteiger partial charge in [0.25, 0.3) is 0 Å². The monoisotopic (exact) mass is 170 g/mol. The first-order valence-corrected chi connectivity index (χ1v) is 3.97. The first-order valence-electron chi connectivity index (χ1n) is 3.97. The average molecular weight is 170 g/mol. The summed E-state index contributed by atoms with van der Waals surface area (Å²) in [5, 5.41) is 0. The van der Waals surface area contributed by atoms with Gasteiger partial charge in [-0.1, -0.05) is 19.1 Å². The van der Waals surface area contributed by atoms with Crippen LogP contribution in [-0.4, -0.2) is 18.4 Å². The third kappa shape index (κ3) is 6.99. The first-order chi connectivity index (χ1) is 5.66. The summed E-state index contributed by atoms with van der Waals surface area (Å²) in [6.07, 6.45) is 4.46. The largest absolute Gasteiger partial charge is 0.461 e. The fraction of sp³-hybridized carbons (Fsp3) is 0.556. The molecular formula is C9H14O3. The van der Waals surface area contributed by atoms with Crippen molar-refractivity contribution in [2.75, 3.05) is 6.61 Å². The highest BCUT2D eigenvalue weighted by Gasteiger charge is 2.03. The smallest absolute Gasteiger partial charge is 0.313 e. The molecule has 68 valence electrons. The Hall–Kier alpha value is -1.12. The van der Waals surface area contributed by atoms with Crippen LogP contribution >= 0.6 is 0 Å². The number of ketones is 1. The molecule has 0 spiro atoms. The molecule has 0 fully saturated rings. The number of hydrogen-bond acceptors (Lipinski definition) is 3. The molecule has 0 amide bonds. The number of rotatable bonds is 5. The van der Waals surface area contributed by atoms with E-state index in [0.29, 0.717) is 0 Å². The van der Waals surface area contributed by atoms with Crippen LogP contribution in [0.15, 0.2) is 12.2 Å². The lowest BCUT2D eigenvalue weighted by Gasteiger charge is -1.97. The highest BCUT2D eigenvalue weighted by molar-refractivity contribution is 5.94. The van der Waals surface area contributed by atoms with Crippen LogP contribution in [0, 0.1) is 0 Å². The zero-order valence-electron chi connectivity index (χ0n) is 7.50. The highest BCUT2D eigenvalue weighted by atomic mass is 16.5. The summed E-state index contributed by atoms with van der Waals surface area (Å²) in [6.45, 7) is 3.62. The number of Topliss-reactive ketones (excluding diaryl/α,β-unsaturated/α-hetero) is 1. The van der Waals surface area contributed by atoms with Gasteiger partial charge in [0.05, 0.1) is 0 Å². The Bertz CT molecular complexity index is 182. The maximum Gasteiger partial charge on any atom is 0.313 e. The summed E-state index contributed by atoms with van der Waals surface area (Å²) < 4.78 is 4.71. The molecule has 0 aliphatic rings. The molecule has 12 heavy (non-hydrogen) atoms. The third-order valence-electron chi connectivity index (χ3n) is 1.14. The third-order valence-corrected chi connectivity index (χ3v) is 1.14. The lowest BCUT2D eigenvalue weighted by Crippen LogP contribution is -2.08. The molecule has 0 aliphatic carbocycles. The van der Waals surface area contributed by atoms with Crippen LogP contribution < -0.4 is 0 Å². The number of esters is 1.